The van der Waals surface area contributed by atoms with Crippen LogP contribution in [0.15, 0.2) is 147 Å². The molecule has 2 fully saturated rings. The lowest BCUT2D eigenvalue weighted by Crippen LogP contribution is -2.27. The van der Waals surface area contributed by atoms with Gasteiger partial charge in [0.25, 0.3) is 5.91 Å². The van der Waals surface area contributed by atoms with E-state index < -0.39 is 7.12 Å². The Morgan fingerprint density at radius 2 is 1.26 bits per heavy atom. The second-order valence-corrected chi connectivity index (χ2v) is 18.9. The lowest BCUT2D eigenvalue weighted by molar-refractivity contribution is -0.115. The van der Waals surface area contributed by atoms with E-state index in [4.69, 9.17) is 19.4 Å². The van der Waals surface area contributed by atoms with Crippen molar-refractivity contribution in [2.45, 2.75) is 32.1 Å². The van der Waals surface area contributed by atoms with Gasteiger partial charge in [0.2, 0.25) is 5.91 Å². The largest absolute Gasteiger partial charge is 0.526 e. The van der Waals surface area contributed by atoms with Gasteiger partial charge >= 0.3 is 7.12 Å². The number of anilines is 4. The van der Waals surface area contributed by atoms with Crippen molar-refractivity contribution in [3.8, 4) is 11.3 Å². The van der Waals surface area contributed by atoms with Crippen LogP contribution < -0.4 is 26.9 Å². The molecule has 0 radical (unpaired) electrons. The van der Waals surface area contributed by atoms with Crippen molar-refractivity contribution >= 4 is 103 Å². The molecule has 12 rings (SSSR count). The second kappa shape index (κ2) is 24.3. The van der Waals surface area contributed by atoms with Crippen molar-refractivity contribution in [2.75, 3.05) is 73.6 Å². The molecule has 2 amide bonds. The number of halogens is 1. The second-order valence-electron chi connectivity index (χ2n) is 18.0. The molecule has 4 aromatic carbocycles. The molecule has 0 saturated carbocycles. The zero-order chi connectivity index (χ0) is 50.5. The Morgan fingerprint density at radius 3 is 1.89 bits per heavy atom. The number of fused-ring (bicyclic) bond motifs is 4. The van der Waals surface area contributed by atoms with Crippen molar-refractivity contribution in [1.29, 1.82) is 0 Å². The van der Waals surface area contributed by atoms with Crippen molar-refractivity contribution in [3.05, 3.63) is 161 Å². The quantitative estimate of drug-likeness (QED) is 0.0386. The molecule has 0 unspecified atom stereocenters. The summed E-state index contributed by atoms with van der Waals surface area (Å²) >= 11 is 3.49. The topological polar surface area (TPSA) is 198 Å². The summed E-state index contributed by atoms with van der Waals surface area (Å²) in [5, 5.41) is 31.7. The number of amides is 2. The maximum atomic E-state index is 12.4. The van der Waals surface area contributed by atoms with Gasteiger partial charge in [-0.2, -0.15) is 0 Å². The van der Waals surface area contributed by atoms with Crippen LogP contribution in [0.5, 0.6) is 0 Å². The van der Waals surface area contributed by atoms with E-state index in [1.165, 1.54) is 69.4 Å². The number of furan rings is 2. The molecule has 4 aromatic heterocycles. The van der Waals surface area contributed by atoms with Gasteiger partial charge in [-0.3, -0.25) is 14.4 Å². The van der Waals surface area contributed by atoms with Crippen molar-refractivity contribution in [3.63, 3.8) is 0 Å². The Balaban J connectivity index is 0.000000139. The predicted octanol–water partition coefficient (Wildman–Crippen LogP) is 8.95. The van der Waals surface area contributed by atoms with Crippen molar-refractivity contribution < 1.29 is 33.3 Å². The summed E-state index contributed by atoms with van der Waals surface area (Å²) in [5.41, 5.74) is 7.28. The van der Waals surface area contributed by atoms with E-state index >= 15 is 0 Å². The Bertz CT molecular complexity index is 3210. The van der Waals surface area contributed by atoms with E-state index in [0.29, 0.717) is 24.0 Å². The zero-order valence-electron chi connectivity index (χ0n) is 40.2. The molecule has 372 valence electrons. The van der Waals surface area contributed by atoms with E-state index in [0.717, 1.165) is 92.5 Å². The number of likely N-dealkylation sites (tertiary alicyclic amines) is 2. The van der Waals surface area contributed by atoms with Crippen molar-refractivity contribution in [1.82, 2.24) is 19.8 Å². The molecule has 0 spiro atoms. The molecular formula is C56H56BBrN8O7. The van der Waals surface area contributed by atoms with Crippen LogP contribution >= 0.6 is 15.9 Å². The lowest BCUT2D eigenvalue weighted by atomic mass is 9.88. The standard InChI is InChI=1S/C28H26N4O2.C15H18BrN3.C8H7NO.C5H5BO4/c33-28-23(22-5-1-2-6-24(22)31-28)18-21-10-11-26(34-21)20-8-7-19-9-12-27(30-25(19)17-20)29-13-16-32-14-3-4-15-32;16-13-5-3-12-4-6-15(18-14(12)11-13)17-7-10-19-8-1-2-9-19;10-8-5-6-3-1-2-4-7(6)9-8;7-3-4-1-2-5(10-4)6(8)9/h1-2,5-12,17-18H,3-4,13-16H2,(H,29,30)(H,31,33);3-6,11H,1-2,7-10H2,(H,17,18);1-4H,5H2,(H,9,10);1-3,8-9H/b23-18+;;;. The SMILES string of the molecule is Brc1ccc2ccc(NCCN3CCCC3)nc2c1.O=C1Cc2ccccc2N1.O=C1Nc2ccccc2/C1=C\c1ccc(-c2ccc3ccc(NCCN4CCCC4)nc3c2)o1.O=Cc1ccc(B(O)O)o1. The van der Waals surface area contributed by atoms with E-state index in [9.17, 15) is 14.4 Å². The number of aromatic nitrogens is 2. The summed E-state index contributed by atoms with van der Waals surface area (Å²) in [6.45, 7) is 8.92. The van der Waals surface area contributed by atoms with Crippen molar-refractivity contribution in [2.24, 2.45) is 0 Å². The molecule has 15 nitrogen and oxygen atoms in total. The zero-order valence-corrected chi connectivity index (χ0v) is 41.8. The fourth-order valence-electron chi connectivity index (χ4n) is 9.00. The molecule has 0 atom stereocenters. The fourth-order valence-corrected chi connectivity index (χ4v) is 9.35. The predicted molar refractivity (Wildman–Crippen MR) is 293 cm³/mol. The highest BCUT2D eigenvalue weighted by Crippen LogP contribution is 2.34. The highest BCUT2D eigenvalue weighted by Gasteiger charge is 2.24. The third-order valence-electron chi connectivity index (χ3n) is 12.8. The van der Waals surface area contributed by atoms with Gasteiger partial charge in [-0.1, -0.05) is 70.5 Å². The minimum atomic E-state index is -1.64. The molecule has 4 aliphatic heterocycles. The molecule has 0 bridgehead atoms. The summed E-state index contributed by atoms with van der Waals surface area (Å²) in [6, 6.07) is 42.6. The van der Waals surface area contributed by atoms with Crippen LogP contribution in [0.1, 0.15) is 53.1 Å². The molecule has 8 aromatic rings. The van der Waals surface area contributed by atoms with E-state index in [-0.39, 0.29) is 23.2 Å². The van der Waals surface area contributed by atoms with Gasteiger partial charge < -0.3 is 49.9 Å². The number of pyridine rings is 2. The van der Waals surface area contributed by atoms with E-state index in [2.05, 4.69) is 92.8 Å². The Hall–Kier alpha value is -7.41. The van der Waals surface area contributed by atoms with Crippen LogP contribution in [0.4, 0.5) is 23.0 Å². The van der Waals surface area contributed by atoms with E-state index in [1.807, 2.05) is 84.9 Å². The summed E-state index contributed by atoms with van der Waals surface area (Å²) < 4.78 is 11.8. The first-order chi connectivity index (χ1) is 35.6. The monoisotopic (exact) mass is 1040 g/mol. The third kappa shape index (κ3) is 13.6. The Labute approximate surface area is 432 Å². The van der Waals surface area contributed by atoms with Crippen LogP contribution in [0.25, 0.3) is 44.8 Å². The number of aldehydes is 1. The van der Waals surface area contributed by atoms with Crippen LogP contribution in [0, 0.1) is 0 Å². The summed E-state index contributed by atoms with van der Waals surface area (Å²) in [4.78, 5) is 47.6. The number of nitrogens with one attached hydrogen (secondary N) is 4. The van der Waals surface area contributed by atoms with Crippen LogP contribution in [0.2, 0.25) is 0 Å². The molecule has 0 aliphatic carbocycles. The average Bonchev–Trinajstić information content (AvgIpc) is 4.28. The van der Waals surface area contributed by atoms with Gasteiger partial charge in [0.15, 0.2) is 12.0 Å². The highest BCUT2D eigenvalue weighted by atomic mass is 79.9. The first kappa shape index (κ1) is 50.5. The molecular weight excluding hydrogens is 987 g/mol. The Morgan fingerprint density at radius 1 is 0.658 bits per heavy atom. The summed E-state index contributed by atoms with van der Waals surface area (Å²) in [5.74, 6) is 3.31. The normalized spacial score (nSPS) is 15.3. The molecule has 73 heavy (non-hydrogen) atoms. The molecule has 6 N–H and O–H groups in total. The number of carbonyl (C=O) groups excluding carboxylic acids is 3. The third-order valence-corrected chi connectivity index (χ3v) is 13.3. The number of benzene rings is 4. The first-order valence-electron chi connectivity index (χ1n) is 24.6. The van der Waals surface area contributed by atoms with Crippen LogP contribution in [0.3, 0.4) is 0 Å². The number of hydrogen-bond acceptors (Lipinski definition) is 13. The number of rotatable bonds is 12. The highest BCUT2D eigenvalue weighted by molar-refractivity contribution is 9.10. The van der Waals surface area contributed by atoms with Crippen LogP contribution in [-0.4, -0.2) is 107 Å². The smallest absolute Gasteiger partial charge is 0.462 e. The molecule has 4 aliphatic rings. The number of nitrogens with zero attached hydrogens (tertiary/aromatic N) is 4. The van der Waals surface area contributed by atoms with Gasteiger partial charge in [0.05, 0.1) is 23.0 Å². The van der Waals surface area contributed by atoms with Gasteiger partial charge in [0.1, 0.15) is 28.8 Å². The molecule has 2 saturated heterocycles. The maximum absolute atomic E-state index is 12.4. The summed E-state index contributed by atoms with van der Waals surface area (Å²) in [7, 11) is -1.64. The fraction of sp³-hybridized carbons (Fsp3) is 0.232. The van der Waals surface area contributed by atoms with Gasteiger partial charge in [-0.25, -0.2) is 9.97 Å². The maximum Gasteiger partial charge on any atom is 0.526 e. The summed E-state index contributed by atoms with van der Waals surface area (Å²) in [6.07, 6.45) is 8.14. The molecule has 17 heteroatoms. The van der Waals surface area contributed by atoms with Gasteiger partial charge in [0, 0.05) is 63.9 Å². The van der Waals surface area contributed by atoms with Crippen LogP contribution in [-0.2, 0) is 16.0 Å². The minimum Gasteiger partial charge on any atom is -0.462 e. The van der Waals surface area contributed by atoms with Gasteiger partial charge in [-0.05, 0) is 142 Å². The number of para-hydroxylation sites is 2. The number of carbonyl (C=O) groups is 3. The Kier molecular flexibility index (Phi) is 16.9. The molecule has 8 heterocycles. The lowest BCUT2D eigenvalue weighted by Gasteiger charge is -2.15. The van der Waals surface area contributed by atoms with E-state index in [1.54, 1.807) is 6.08 Å². The first-order valence-corrected chi connectivity index (χ1v) is 25.3. The van der Waals surface area contributed by atoms with Gasteiger partial charge in [-0.15, -0.1) is 0 Å². The minimum absolute atomic E-state index is 0.0258. The average molecular weight is 1040 g/mol. The number of hydrogen-bond donors (Lipinski definition) is 6.